The molecule has 0 bridgehead atoms. The number of hydrogen-bond donors (Lipinski definition) is 5. The van der Waals surface area contributed by atoms with Crippen molar-refractivity contribution in [2.45, 2.75) is 32.2 Å². The number of hydrogen-bond acceptors (Lipinski definition) is 6. The Hall–Kier alpha value is -3.33. The largest absolute Gasteiger partial charge is 0.387 e. The Labute approximate surface area is 174 Å². The van der Waals surface area contributed by atoms with Gasteiger partial charge < -0.3 is 21.4 Å². The van der Waals surface area contributed by atoms with E-state index in [0.717, 1.165) is 12.8 Å². The van der Waals surface area contributed by atoms with Crippen molar-refractivity contribution in [1.29, 1.82) is 5.41 Å². The van der Waals surface area contributed by atoms with E-state index < -0.39 is 11.4 Å². The van der Waals surface area contributed by atoms with Crippen LogP contribution in [0.1, 0.15) is 48.3 Å². The lowest BCUT2D eigenvalue weighted by atomic mass is 9.98. The van der Waals surface area contributed by atoms with Gasteiger partial charge in [0.15, 0.2) is 5.65 Å². The second-order valence-corrected chi connectivity index (χ2v) is 7.70. The quantitative estimate of drug-likeness (QED) is 0.364. The molecular weight excluding hydrogens is 385 g/mol. The van der Waals surface area contributed by atoms with E-state index in [0.29, 0.717) is 34.5 Å². The van der Waals surface area contributed by atoms with Gasteiger partial charge in [0.25, 0.3) is 5.91 Å². The van der Waals surface area contributed by atoms with Crippen molar-refractivity contribution in [3.05, 3.63) is 53.2 Å². The third-order valence-corrected chi connectivity index (χ3v) is 4.86. The second kappa shape index (κ2) is 8.58. The number of nitrogens with one attached hydrogen (secondary N) is 4. The number of carbonyl (C=O) groups is 1. The van der Waals surface area contributed by atoms with Gasteiger partial charge in [-0.3, -0.25) is 10.2 Å². The van der Waals surface area contributed by atoms with Gasteiger partial charge in [-0.05, 0) is 51.4 Å². The molecular formula is C21H26FN7O. The summed E-state index contributed by atoms with van der Waals surface area (Å²) in [4.78, 5) is 24.6. The molecule has 0 unspecified atom stereocenters. The number of carbonyl (C=O) groups excluding carboxylic acids is 1. The number of aromatic amines is 1. The fourth-order valence-corrected chi connectivity index (χ4v) is 3.25. The number of benzene rings is 1. The van der Waals surface area contributed by atoms with Crippen LogP contribution in [0.15, 0.2) is 30.6 Å². The van der Waals surface area contributed by atoms with E-state index in [9.17, 15) is 9.18 Å². The van der Waals surface area contributed by atoms with Crippen molar-refractivity contribution in [3.63, 3.8) is 0 Å². The van der Waals surface area contributed by atoms with Crippen LogP contribution in [0.2, 0.25) is 0 Å². The number of aromatic nitrogens is 3. The lowest BCUT2D eigenvalue weighted by Gasteiger charge is -2.25. The number of halogens is 1. The molecule has 8 nitrogen and oxygen atoms in total. The minimum Gasteiger partial charge on any atom is -0.387 e. The minimum absolute atomic E-state index is 0.0737. The Morgan fingerprint density at radius 2 is 2.10 bits per heavy atom. The molecule has 2 heterocycles. The van der Waals surface area contributed by atoms with Crippen LogP contribution in [0, 0.1) is 11.2 Å². The molecule has 0 aliphatic heterocycles. The number of nitrogens with zero attached hydrogens (tertiary/aromatic N) is 2. The molecule has 2 aromatic heterocycles. The summed E-state index contributed by atoms with van der Waals surface area (Å²) in [5.74, 6) is -0.682. The van der Waals surface area contributed by atoms with Crippen molar-refractivity contribution in [2.24, 2.45) is 5.73 Å². The number of amides is 1. The fraction of sp³-hybridized carbons (Fsp3) is 0.333. The lowest BCUT2D eigenvalue weighted by molar-refractivity contribution is 0.0910. The molecule has 158 valence electrons. The smallest absolute Gasteiger partial charge is 0.255 e. The molecule has 0 saturated carbocycles. The van der Waals surface area contributed by atoms with E-state index >= 15 is 0 Å². The molecule has 30 heavy (non-hydrogen) atoms. The number of nitrogens with two attached hydrogens (primary N) is 1. The Bertz CT molecular complexity index is 1090. The van der Waals surface area contributed by atoms with Gasteiger partial charge in [-0.15, -0.1) is 0 Å². The molecule has 3 rings (SSSR count). The monoisotopic (exact) mass is 411 g/mol. The first-order valence-corrected chi connectivity index (χ1v) is 9.69. The van der Waals surface area contributed by atoms with E-state index in [1.165, 1.54) is 24.4 Å². The fourth-order valence-electron chi connectivity index (χ4n) is 3.25. The van der Waals surface area contributed by atoms with Crippen LogP contribution >= 0.6 is 0 Å². The van der Waals surface area contributed by atoms with Crippen molar-refractivity contribution in [2.75, 3.05) is 18.9 Å². The van der Waals surface area contributed by atoms with Gasteiger partial charge in [0, 0.05) is 30.0 Å². The van der Waals surface area contributed by atoms with Crippen molar-refractivity contribution < 1.29 is 9.18 Å². The highest BCUT2D eigenvalue weighted by Crippen LogP contribution is 2.22. The summed E-state index contributed by atoms with van der Waals surface area (Å²) >= 11 is 0. The van der Waals surface area contributed by atoms with Gasteiger partial charge in [-0.25, -0.2) is 14.4 Å². The topological polar surface area (TPSA) is 133 Å². The first kappa shape index (κ1) is 21.4. The van der Waals surface area contributed by atoms with Gasteiger partial charge >= 0.3 is 0 Å². The molecule has 0 spiro atoms. The van der Waals surface area contributed by atoms with Crippen LogP contribution < -0.4 is 16.4 Å². The highest BCUT2D eigenvalue weighted by molar-refractivity contribution is 6.14. The van der Waals surface area contributed by atoms with Gasteiger partial charge in [0.05, 0.1) is 17.5 Å². The van der Waals surface area contributed by atoms with Gasteiger partial charge in [-0.2, -0.15) is 0 Å². The molecule has 0 fully saturated rings. The minimum atomic E-state index is -0.423. The first-order chi connectivity index (χ1) is 14.3. The summed E-state index contributed by atoms with van der Waals surface area (Å²) in [6.07, 6.45) is 4.56. The Kier molecular flexibility index (Phi) is 6.12. The molecule has 0 radical (unpaired) electrons. The van der Waals surface area contributed by atoms with Crippen molar-refractivity contribution in [1.82, 2.24) is 20.3 Å². The van der Waals surface area contributed by atoms with Gasteiger partial charge in [-0.1, -0.05) is 0 Å². The van der Waals surface area contributed by atoms with Gasteiger partial charge in [0.2, 0.25) is 0 Å². The van der Waals surface area contributed by atoms with Crippen LogP contribution in [0.25, 0.3) is 11.2 Å². The number of H-pyrrole nitrogens is 1. The van der Waals surface area contributed by atoms with E-state index in [4.69, 9.17) is 11.1 Å². The average Bonchev–Trinajstić information content (AvgIpc) is 3.14. The van der Waals surface area contributed by atoms with Gasteiger partial charge in [0.1, 0.15) is 17.0 Å². The SMILES string of the molecule is CNc1cc(F)ccc1C(=N)c1cnc2[nH]cc(C(=O)NC(C)(C)CCCN)c2n1. The Morgan fingerprint density at radius 3 is 2.80 bits per heavy atom. The summed E-state index contributed by atoms with van der Waals surface area (Å²) in [6, 6.07) is 4.11. The van der Waals surface area contributed by atoms with Crippen LogP contribution in [0.3, 0.4) is 0 Å². The summed E-state index contributed by atoms with van der Waals surface area (Å²) in [7, 11) is 1.65. The van der Waals surface area contributed by atoms with Crippen LogP contribution in [0.4, 0.5) is 10.1 Å². The molecule has 9 heteroatoms. The highest BCUT2D eigenvalue weighted by Gasteiger charge is 2.24. The van der Waals surface area contributed by atoms with E-state index in [-0.39, 0.29) is 17.3 Å². The lowest BCUT2D eigenvalue weighted by Crippen LogP contribution is -2.43. The molecule has 1 aromatic carbocycles. The zero-order valence-electron chi connectivity index (χ0n) is 17.3. The first-order valence-electron chi connectivity index (χ1n) is 9.69. The second-order valence-electron chi connectivity index (χ2n) is 7.70. The molecule has 0 atom stereocenters. The third-order valence-electron chi connectivity index (χ3n) is 4.86. The van der Waals surface area contributed by atoms with E-state index in [2.05, 4.69) is 25.6 Å². The highest BCUT2D eigenvalue weighted by atomic mass is 19.1. The molecule has 0 saturated heterocycles. The van der Waals surface area contributed by atoms with Crippen molar-refractivity contribution in [3.8, 4) is 0 Å². The van der Waals surface area contributed by atoms with Crippen molar-refractivity contribution >= 4 is 28.5 Å². The standard InChI is InChI=1S/C21H26FN7O/c1-21(2,7-4-8-23)29-20(30)14-10-26-19-18(14)28-16(11-27-19)17(24)13-6-5-12(22)9-15(13)25-3/h5-6,9-11,24-25H,4,7-8,23H2,1-3H3,(H,26,27)(H,29,30). The summed E-state index contributed by atoms with van der Waals surface area (Å²) in [5, 5.41) is 14.4. The number of anilines is 1. The normalized spacial score (nSPS) is 11.5. The molecule has 6 N–H and O–H groups in total. The molecule has 0 aliphatic rings. The van der Waals surface area contributed by atoms with E-state index in [1.54, 1.807) is 13.2 Å². The predicted molar refractivity (Wildman–Crippen MR) is 116 cm³/mol. The Morgan fingerprint density at radius 1 is 1.33 bits per heavy atom. The zero-order valence-corrected chi connectivity index (χ0v) is 17.3. The average molecular weight is 411 g/mol. The third kappa shape index (κ3) is 4.46. The summed E-state index contributed by atoms with van der Waals surface area (Å²) in [6.45, 7) is 4.44. The van der Waals surface area contributed by atoms with Crippen LogP contribution in [0.5, 0.6) is 0 Å². The number of fused-ring (bicyclic) bond motifs is 1. The maximum absolute atomic E-state index is 13.5. The molecule has 1 amide bonds. The molecule has 0 aliphatic carbocycles. The predicted octanol–water partition coefficient (Wildman–Crippen LogP) is 2.80. The van der Waals surface area contributed by atoms with Crippen LogP contribution in [-0.2, 0) is 0 Å². The summed E-state index contributed by atoms with van der Waals surface area (Å²) < 4.78 is 13.5. The maximum Gasteiger partial charge on any atom is 0.255 e. The van der Waals surface area contributed by atoms with Crippen LogP contribution in [-0.4, -0.2) is 45.7 Å². The summed E-state index contributed by atoms with van der Waals surface area (Å²) in [5.41, 5.74) is 7.63. The Balaban J connectivity index is 1.93. The molecule has 3 aromatic rings. The zero-order chi connectivity index (χ0) is 21.9. The van der Waals surface area contributed by atoms with E-state index in [1.807, 2.05) is 13.8 Å². The maximum atomic E-state index is 13.5. The number of rotatable bonds is 8.